The number of carbonyl (C=O) groups excluding carboxylic acids is 2. The van der Waals surface area contributed by atoms with Crippen LogP contribution in [0.4, 0.5) is 4.79 Å². The largest absolute Gasteiger partial charge is 0.412 e. The van der Waals surface area contributed by atoms with E-state index in [9.17, 15) is 14.9 Å². The summed E-state index contributed by atoms with van der Waals surface area (Å²) < 4.78 is 4.31. The maximum atomic E-state index is 11.8. The van der Waals surface area contributed by atoms with Crippen LogP contribution in [0.2, 0.25) is 10.0 Å². The predicted molar refractivity (Wildman–Crippen MR) is 84.1 cm³/mol. The van der Waals surface area contributed by atoms with Crippen molar-refractivity contribution in [1.82, 2.24) is 4.98 Å². The van der Waals surface area contributed by atoms with Gasteiger partial charge in [0.1, 0.15) is 11.8 Å². The minimum Gasteiger partial charge on any atom is -0.372 e. The Labute approximate surface area is 141 Å². The van der Waals surface area contributed by atoms with Gasteiger partial charge in [0, 0.05) is 21.2 Å². The highest BCUT2D eigenvalue weighted by atomic mass is 35.5. The van der Waals surface area contributed by atoms with Crippen molar-refractivity contribution in [3.63, 3.8) is 0 Å². The molecule has 116 valence electrons. The molecule has 0 saturated heterocycles. The fourth-order valence-electron chi connectivity index (χ4n) is 1.98. The Morgan fingerprint density at radius 3 is 2.52 bits per heavy atom. The van der Waals surface area contributed by atoms with E-state index in [1.165, 1.54) is 12.1 Å². The van der Waals surface area contributed by atoms with Crippen molar-refractivity contribution in [3.05, 3.63) is 51.3 Å². The SMILES string of the molecule is Cc1nc(C(=O)OC(N)=O)cc(-c2ccc(Cl)cc2Cl)c1C#N. The van der Waals surface area contributed by atoms with Gasteiger partial charge >= 0.3 is 12.1 Å². The number of benzene rings is 1. The van der Waals surface area contributed by atoms with Gasteiger partial charge in [-0.05, 0) is 25.1 Å². The molecule has 0 atom stereocenters. The number of hydrogen-bond donors (Lipinski definition) is 1. The maximum Gasteiger partial charge on any atom is 0.412 e. The molecule has 0 aliphatic rings. The van der Waals surface area contributed by atoms with Crippen LogP contribution in [-0.2, 0) is 4.74 Å². The average molecular weight is 350 g/mol. The standard InChI is InChI=1S/C15H9Cl2N3O3/c1-7-11(6-18)10(9-3-2-8(16)4-12(9)17)5-13(20-7)14(21)23-15(19)22/h2-5H,1H3,(H2,19,22). The molecule has 0 bridgehead atoms. The van der Waals surface area contributed by atoms with Crippen molar-refractivity contribution in [1.29, 1.82) is 5.26 Å². The van der Waals surface area contributed by atoms with E-state index >= 15 is 0 Å². The Balaban J connectivity index is 2.66. The molecule has 1 heterocycles. The highest BCUT2D eigenvalue weighted by Crippen LogP contribution is 2.33. The van der Waals surface area contributed by atoms with Crippen molar-refractivity contribution in [3.8, 4) is 17.2 Å². The van der Waals surface area contributed by atoms with Gasteiger partial charge in [-0.1, -0.05) is 29.3 Å². The Morgan fingerprint density at radius 1 is 1.26 bits per heavy atom. The van der Waals surface area contributed by atoms with Crippen LogP contribution >= 0.6 is 23.2 Å². The molecule has 1 aromatic carbocycles. The van der Waals surface area contributed by atoms with Crippen LogP contribution in [0.1, 0.15) is 21.7 Å². The van der Waals surface area contributed by atoms with Crippen molar-refractivity contribution < 1.29 is 14.3 Å². The topological polar surface area (TPSA) is 106 Å². The van der Waals surface area contributed by atoms with Crippen LogP contribution in [0, 0.1) is 18.3 Å². The molecule has 0 aliphatic heterocycles. The number of halogens is 2. The number of nitrogens with zero attached hydrogens (tertiary/aromatic N) is 2. The van der Waals surface area contributed by atoms with E-state index < -0.39 is 12.1 Å². The normalized spacial score (nSPS) is 10.0. The highest BCUT2D eigenvalue weighted by molar-refractivity contribution is 6.36. The van der Waals surface area contributed by atoms with Crippen LogP contribution in [0.15, 0.2) is 24.3 Å². The first kappa shape index (κ1) is 16.7. The quantitative estimate of drug-likeness (QED) is 0.659. The van der Waals surface area contributed by atoms with Crippen molar-refractivity contribution >= 4 is 35.3 Å². The number of esters is 1. The summed E-state index contributed by atoms with van der Waals surface area (Å²) >= 11 is 12.0. The number of primary amides is 1. The first-order valence-corrected chi connectivity index (χ1v) is 6.98. The molecule has 6 nitrogen and oxygen atoms in total. The monoisotopic (exact) mass is 349 g/mol. The lowest BCUT2D eigenvalue weighted by Gasteiger charge is -2.11. The van der Waals surface area contributed by atoms with Crippen LogP contribution in [0.5, 0.6) is 0 Å². The zero-order valence-corrected chi connectivity index (χ0v) is 13.3. The smallest absolute Gasteiger partial charge is 0.372 e. The maximum absolute atomic E-state index is 11.8. The summed E-state index contributed by atoms with van der Waals surface area (Å²) in [5.74, 6) is -1.02. The molecule has 0 unspecified atom stereocenters. The third-order valence-corrected chi connectivity index (χ3v) is 3.48. The fourth-order valence-corrected chi connectivity index (χ4v) is 2.49. The number of hydrogen-bond acceptors (Lipinski definition) is 5. The Bertz CT molecular complexity index is 860. The molecule has 1 amide bonds. The summed E-state index contributed by atoms with van der Waals surface area (Å²) in [5, 5.41) is 10.1. The fraction of sp³-hybridized carbons (Fsp3) is 0.0667. The summed E-state index contributed by atoms with van der Waals surface area (Å²) in [6.07, 6.45) is -1.25. The van der Waals surface area contributed by atoms with Crippen LogP contribution in [-0.4, -0.2) is 17.0 Å². The van der Waals surface area contributed by atoms with E-state index in [0.717, 1.165) is 0 Å². The second kappa shape index (κ2) is 6.65. The van der Waals surface area contributed by atoms with Gasteiger partial charge in [-0.3, -0.25) is 0 Å². The Kier molecular flexibility index (Phi) is 4.84. The molecule has 0 saturated carbocycles. The molecule has 0 spiro atoms. The molecule has 2 N–H and O–H groups in total. The van der Waals surface area contributed by atoms with E-state index in [2.05, 4.69) is 9.72 Å². The number of ether oxygens (including phenoxy) is 1. The van der Waals surface area contributed by atoms with Crippen molar-refractivity contribution in [2.45, 2.75) is 6.92 Å². The number of carbonyl (C=O) groups is 2. The Hall–Kier alpha value is -2.62. The first-order chi connectivity index (χ1) is 10.8. The highest BCUT2D eigenvalue weighted by Gasteiger charge is 2.19. The van der Waals surface area contributed by atoms with E-state index in [0.29, 0.717) is 21.2 Å². The van der Waals surface area contributed by atoms with Gasteiger partial charge in [0.25, 0.3) is 0 Å². The minimum atomic E-state index is -1.25. The number of nitriles is 1. The van der Waals surface area contributed by atoms with Crippen molar-refractivity contribution in [2.75, 3.05) is 0 Å². The minimum absolute atomic E-state index is 0.165. The summed E-state index contributed by atoms with van der Waals surface area (Å²) in [6.45, 7) is 1.55. The molecule has 8 heteroatoms. The molecule has 0 radical (unpaired) electrons. The predicted octanol–water partition coefficient (Wildman–Crippen LogP) is 3.47. The number of pyridine rings is 1. The summed E-state index contributed by atoms with van der Waals surface area (Å²) in [5.41, 5.74) is 6.04. The second-order valence-electron chi connectivity index (χ2n) is 4.46. The van der Waals surface area contributed by atoms with Gasteiger partial charge in [-0.2, -0.15) is 5.26 Å². The molecule has 0 fully saturated rings. The molecule has 1 aromatic heterocycles. The number of aromatic nitrogens is 1. The van der Waals surface area contributed by atoms with Gasteiger partial charge in [-0.25, -0.2) is 14.6 Å². The lowest BCUT2D eigenvalue weighted by Crippen LogP contribution is -2.19. The van der Waals surface area contributed by atoms with Crippen LogP contribution < -0.4 is 5.73 Å². The number of amides is 1. The third kappa shape index (κ3) is 3.59. The summed E-state index contributed by atoms with van der Waals surface area (Å²) in [7, 11) is 0. The van der Waals surface area contributed by atoms with Gasteiger partial charge in [0.05, 0.1) is 11.3 Å². The zero-order valence-electron chi connectivity index (χ0n) is 11.8. The molecular formula is C15H9Cl2N3O3. The van der Waals surface area contributed by atoms with Gasteiger partial charge in [0.2, 0.25) is 0 Å². The number of rotatable bonds is 2. The van der Waals surface area contributed by atoms with Gasteiger partial charge in [0.15, 0.2) is 0 Å². The van der Waals surface area contributed by atoms with Crippen molar-refractivity contribution in [2.24, 2.45) is 5.73 Å². The lowest BCUT2D eigenvalue weighted by atomic mass is 9.98. The third-order valence-electron chi connectivity index (χ3n) is 2.94. The van der Waals surface area contributed by atoms with E-state index in [1.807, 2.05) is 6.07 Å². The number of nitrogens with two attached hydrogens (primary N) is 1. The van der Waals surface area contributed by atoms with Gasteiger partial charge < -0.3 is 10.5 Å². The summed E-state index contributed by atoms with van der Waals surface area (Å²) in [6, 6.07) is 8.05. The van der Waals surface area contributed by atoms with E-state index in [1.54, 1.807) is 19.1 Å². The van der Waals surface area contributed by atoms with Crippen LogP contribution in [0.3, 0.4) is 0 Å². The molecular weight excluding hydrogens is 341 g/mol. The first-order valence-electron chi connectivity index (χ1n) is 6.22. The van der Waals surface area contributed by atoms with Crippen LogP contribution in [0.25, 0.3) is 11.1 Å². The molecule has 2 aromatic rings. The number of aryl methyl sites for hydroxylation is 1. The molecule has 23 heavy (non-hydrogen) atoms. The lowest BCUT2D eigenvalue weighted by molar-refractivity contribution is 0.0632. The Morgan fingerprint density at radius 2 is 1.96 bits per heavy atom. The average Bonchev–Trinajstić information content (AvgIpc) is 2.45. The van der Waals surface area contributed by atoms with E-state index in [4.69, 9.17) is 28.9 Å². The molecule has 0 aliphatic carbocycles. The van der Waals surface area contributed by atoms with Gasteiger partial charge in [-0.15, -0.1) is 0 Å². The summed E-state index contributed by atoms with van der Waals surface area (Å²) in [4.78, 5) is 26.5. The van der Waals surface area contributed by atoms with E-state index in [-0.39, 0.29) is 17.0 Å². The zero-order chi connectivity index (χ0) is 17.1. The second-order valence-corrected chi connectivity index (χ2v) is 5.30. The molecule has 2 rings (SSSR count).